The summed E-state index contributed by atoms with van der Waals surface area (Å²) in [5, 5.41) is 21.9. The van der Waals surface area contributed by atoms with Gasteiger partial charge in [-0.3, -0.25) is 4.99 Å². The van der Waals surface area contributed by atoms with Gasteiger partial charge in [-0.1, -0.05) is 38.4 Å². The highest BCUT2D eigenvalue weighted by Crippen LogP contribution is 2.46. The number of aromatic nitrogens is 2. The number of aryl methyl sites for hydroxylation is 1. The third kappa shape index (κ3) is 7.22. The van der Waals surface area contributed by atoms with Crippen molar-refractivity contribution in [2.75, 3.05) is 17.2 Å². The molecule has 10 nitrogen and oxygen atoms in total. The maximum absolute atomic E-state index is 14.1. The molecule has 4 aromatic rings. The van der Waals surface area contributed by atoms with E-state index in [4.69, 9.17) is 33.9 Å². The number of hydrogen-bond acceptors (Lipinski definition) is 6. The summed E-state index contributed by atoms with van der Waals surface area (Å²) in [5.41, 5.74) is 24.1. The lowest BCUT2D eigenvalue weighted by Crippen LogP contribution is -2.51. The number of nitrogens with two attached hydrogens (primary N) is 3. The second-order valence-corrected chi connectivity index (χ2v) is 14.2. The predicted octanol–water partition coefficient (Wildman–Crippen LogP) is 6.21. The Bertz CT molecular complexity index is 1860. The van der Waals surface area contributed by atoms with E-state index in [1.165, 1.54) is 18.2 Å². The van der Waals surface area contributed by atoms with Crippen molar-refractivity contribution in [1.29, 1.82) is 0 Å². The summed E-state index contributed by atoms with van der Waals surface area (Å²) < 4.78 is 15.9. The lowest BCUT2D eigenvalue weighted by molar-refractivity contribution is 0.0904. The molecule has 0 aliphatic heterocycles. The molecule has 1 aliphatic carbocycles. The van der Waals surface area contributed by atoms with E-state index in [-0.39, 0.29) is 46.0 Å². The van der Waals surface area contributed by atoms with Crippen molar-refractivity contribution in [3.05, 3.63) is 76.8 Å². The lowest BCUT2D eigenvalue weighted by Gasteiger charge is -2.39. The van der Waals surface area contributed by atoms with Crippen LogP contribution in [0.5, 0.6) is 0 Å². The lowest BCUT2D eigenvalue weighted by atomic mass is 9.75. The van der Waals surface area contributed by atoms with Crippen LogP contribution < -0.4 is 27.8 Å². The van der Waals surface area contributed by atoms with Gasteiger partial charge in [0.2, 0.25) is 0 Å². The van der Waals surface area contributed by atoms with Crippen molar-refractivity contribution in [2.45, 2.75) is 78.0 Å². The van der Waals surface area contributed by atoms with Gasteiger partial charge in [-0.2, -0.15) is 5.10 Å². The molecular formula is C35H45ClFN9O. The van der Waals surface area contributed by atoms with Crippen LogP contribution in [0.1, 0.15) is 65.5 Å². The molecule has 9 N–H and O–H groups in total. The molecule has 12 heteroatoms. The van der Waals surface area contributed by atoms with Gasteiger partial charge >= 0.3 is 0 Å². The Hall–Kier alpha value is -4.19. The van der Waals surface area contributed by atoms with Gasteiger partial charge in [-0.15, -0.1) is 0 Å². The van der Waals surface area contributed by atoms with Crippen LogP contribution in [0.3, 0.4) is 0 Å². The van der Waals surface area contributed by atoms with Gasteiger partial charge in [0.05, 0.1) is 45.8 Å². The number of benzene rings is 2. The molecule has 47 heavy (non-hydrogen) atoms. The van der Waals surface area contributed by atoms with Crippen molar-refractivity contribution in [3.8, 4) is 11.1 Å². The van der Waals surface area contributed by atoms with Crippen LogP contribution in [0.2, 0.25) is 5.02 Å². The monoisotopic (exact) mass is 661 g/mol. The largest absolute Gasteiger partial charge is 0.389 e. The van der Waals surface area contributed by atoms with Crippen LogP contribution in [0.25, 0.3) is 16.6 Å². The summed E-state index contributed by atoms with van der Waals surface area (Å²) in [4.78, 5) is 8.76. The Morgan fingerprint density at radius 3 is 2.57 bits per heavy atom. The highest BCUT2D eigenvalue weighted by molar-refractivity contribution is 6.33. The highest BCUT2D eigenvalue weighted by atomic mass is 35.5. The Morgan fingerprint density at radius 2 is 1.91 bits per heavy atom. The van der Waals surface area contributed by atoms with Gasteiger partial charge in [0, 0.05) is 40.5 Å². The average Bonchev–Trinajstić information content (AvgIpc) is 3.51. The number of aliphatic hydroxyl groups is 1. The molecule has 1 fully saturated rings. The van der Waals surface area contributed by atoms with Crippen molar-refractivity contribution in [1.82, 2.24) is 9.61 Å². The molecule has 0 unspecified atom stereocenters. The average molecular weight is 662 g/mol. The fourth-order valence-electron chi connectivity index (χ4n) is 5.98. The van der Waals surface area contributed by atoms with Gasteiger partial charge in [0.15, 0.2) is 5.96 Å². The Morgan fingerprint density at radius 1 is 1.17 bits per heavy atom. The summed E-state index contributed by atoms with van der Waals surface area (Å²) in [6.07, 6.45) is 6.13. The standard InChI is InChI=1S/C35H45ClFN9O/c1-7-20-14-23(43-32(39)41-19-33(2,3)47)9-10-24(20)21-15-28-30(45-29-12-13-35(6,40)34(29,4)5)25(17-42-46(28)18-21)31(38)44-27-16-22(37)8-11-26(27)36/h8-11,14-18,29,45,47H,7,12-13,19,40H2,1-6H3,(H2,38,44)(H3,39,41,43)/t29-,35+/m1/s1. The van der Waals surface area contributed by atoms with Gasteiger partial charge in [-0.25, -0.2) is 13.9 Å². The van der Waals surface area contributed by atoms with E-state index in [9.17, 15) is 9.50 Å². The molecule has 0 bridgehead atoms. The van der Waals surface area contributed by atoms with E-state index in [0.29, 0.717) is 5.56 Å². The first-order chi connectivity index (χ1) is 22.0. The van der Waals surface area contributed by atoms with Crippen molar-refractivity contribution < 1.29 is 9.50 Å². The van der Waals surface area contributed by atoms with Crippen molar-refractivity contribution in [2.24, 2.45) is 32.6 Å². The first kappa shape index (κ1) is 34.2. The second kappa shape index (κ2) is 12.8. The van der Waals surface area contributed by atoms with Gasteiger partial charge in [0.1, 0.15) is 11.7 Å². The van der Waals surface area contributed by atoms with Crippen LogP contribution in [-0.4, -0.2) is 50.2 Å². The fraction of sp³-hybridized carbons (Fsp3) is 0.400. The van der Waals surface area contributed by atoms with Crippen LogP contribution in [-0.2, 0) is 6.42 Å². The molecule has 0 radical (unpaired) electrons. The second-order valence-electron chi connectivity index (χ2n) is 13.8. The molecular weight excluding hydrogens is 617 g/mol. The third-order valence-corrected chi connectivity index (χ3v) is 9.70. The Balaban J connectivity index is 1.58. The Labute approximate surface area is 280 Å². The van der Waals surface area contributed by atoms with Crippen LogP contribution >= 0.6 is 11.6 Å². The first-order valence-corrected chi connectivity index (χ1v) is 16.2. The highest BCUT2D eigenvalue weighted by Gasteiger charge is 2.49. The minimum Gasteiger partial charge on any atom is -0.389 e. The summed E-state index contributed by atoms with van der Waals surface area (Å²) in [5.74, 6) is -0.0835. The zero-order chi connectivity index (χ0) is 34.3. The first-order valence-electron chi connectivity index (χ1n) is 15.8. The van der Waals surface area contributed by atoms with Crippen molar-refractivity contribution in [3.63, 3.8) is 0 Å². The molecule has 0 amide bonds. The summed E-state index contributed by atoms with van der Waals surface area (Å²) in [7, 11) is 0. The minimum absolute atomic E-state index is 0.0337. The summed E-state index contributed by atoms with van der Waals surface area (Å²) in [6.45, 7) is 12.1. The number of guanidine groups is 1. The van der Waals surface area contributed by atoms with Crippen molar-refractivity contribution >= 4 is 46.0 Å². The SMILES string of the molecule is CCc1cc(NC(N)=NCC(C)(C)O)ccc1-c1cc2c(N[C@@H]3CC[C@](C)(N)C3(C)C)c(C(N)=Nc3cc(F)ccc3Cl)cnn2c1. The molecule has 1 aliphatic rings. The normalized spacial score (nSPS) is 20.2. The zero-order valence-corrected chi connectivity index (χ0v) is 28.6. The quantitative estimate of drug-likeness (QED) is 0.0917. The smallest absolute Gasteiger partial charge is 0.193 e. The maximum Gasteiger partial charge on any atom is 0.193 e. The van der Waals surface area contributed by atoms with E-state index in [2.05, 4.69) is 54.4 Å². The summed E-state index contributed by atoms with van der Waals surface area (Å²) in [6, 6.07) is 12.1. The van der Waals surface area contributed by atoms with Crippen LogP contribution in [0, 0.1) is 11.2 Å². The number of anilines is 2. The molecule has 0 saturated heterocycles. The number of fused-ring (bicyclic) bond motifs is 1. The zero-order valence-electron chi connectivity index (χ0n) is 27.8. The number of rotatable bonds is 9. The van der Waals surface area contributed by atoms with Gasteiger partial charge in [0.25, 0.3) is 0 Å². The molecule has 2 heterocycles. The van der Waals surface area contributed by atoms with E-state index >= 15 is 0 Å². The predicted molar refractivity (Wildman–Crippen MR) is 191 cm³/mol. The van der Waals surface area contributed by atoms with E-state index in [0.717, 1.165) is 52.8 Å². The number of nitrogens with zero attached hydrogens (tertiary/aromatic N) is 4. The number of aliphatic imine (C=N–C) groups is 2. The fourth-order valence-corrected chi connectivity index (χ4v) is 6.13. The topological polar surface area (TPSA) is 164 Å². The number of amidine groups is 1. The van der Waals surface area contributed by atoms with Crippen LogP contribution in [0.15, 0.2) is 64.8 Å². The van der Waals surface area contributed by atoms with Gasteiger partial charge in [-0.05, 0) is 81.5 Å². The number of halogens is 2. The molecule has 2 atom stereocenters. The van der Waals surface area contributed by atoms with E-state index in [1.807, 2.05) is 28.9 Å². The van der Waals surface area contributed by atoms with Crippen LogP contribution in [0.4, 0.5) is 21.5 Å². The molecule has 5 rings (SSSR count). The Kier molecular flexibility index (Phi) is 9.29. The molecule has 2 aromatic carbocycles. The molecule has 1 saturated carbocycles. The summed E-state index contributed by atoms with van der Waals surface area (Å²) >= 11 is 6.33. The van der Waals surface area contributed by atoms with E-state index < -0.39 is 11.4 Å². The van der Waals surface area contributed by atoms with E-state index in [1.54, 1.807) is 20.0 Å². The van der Waals surface area contributed by atoms with Gasteiger partial charge < -0.3 is 32.9 Å². The molecule has 2 aromatic heterocycles. The molecule has 250 valence electrons. The number of nitrogens with one attached hydrogen (secondary N) is 2. The third-order valence-electron chi connectivity index (χ3n) is 9.38. The minimum atomic E-state index is -0.954. The molecule has 0 spiro atoms. The number of hydrogen-bond donors (Lipinski definition) is 6. The maximum atomic E-state index is 14.1.